The molecule has 232 valence electrons. The Balaban J connectivity index is 1.36. The second kappa shape index (κ2) is 15.2. The van der Waals surface area contributed by atoms with Gasteiger partial charge in [0.15, 0.2) is 23.1 Å². The van der Waals surface area contributed by atoms with Gasteiger partial charge in [-0.2, -0.15) is 13.2 Å². The molecule has 1 saturated carbocycles. The van der Waals surface area contributed by atoms with Crippen LogP contribution in [-0.2, 0) is 0 Å². The second-order valence-electron chi connectivity index (χ2n) is 10.9. The first-order chi connectivity index (χ1) is 20.7. The van der Waals surface area contributed by atoms with E-state index in [2.05, 4.69) is 6.92 Å². The summed E-state index contributed by atoms with van der Waals surface area (Å²) >= 11 is 0. The highest BCUT2D eigenvalue weighted by atomic mass is 19.2. The lowest BCUT2D eigenvalue weighted by atomic mass is 9.76. The van der Waals surface area contributed by atoms with Gasteiger partial charge in [-0.25, -0.2) is 13.6 Å². The van der Waals surface area contributed by atoms with Crippen LogP contribution in [0.4, 0.5) is 22.0 Å². The Morgan fingerprint density at radius 2 is 1.21 bits per heavy atom. The first kappa shape index (κ1) is 32.3. The van der Waals surface area contributed by atoms with Gasteiger partial charge in [-0.05, 0) is 91.8 Å². The van der Waals surface area contributed by atoms with Gasteiger partial charge in [0.1, 0.15) is 5.82 Å². The van der Waals surface area contributed by atoms with E-state index in [0.29, 0.717) is 50.7 Å². The summed E-state index contributed by atoms with van der Waals surface area (Å²) in [5, 5.41) is 0. The van der Waals surface area contributed by atoms with Crippen molar-refractivity contribution in [1.82, 2.24) is 0 Å². The third-order valence-corrected chi connectivity index (χ3v) is 7.85. The van der Waals surface area contributed by atoms with Gasteiger partial charge < -0.3 is 14.2 Å². The van der Waals surface area contributed by atoms with E-state index >= 15 is 4.39 Å². The third kappa shape index (κ3) is 7.86. The minimum absolute atomic E-state index is 0.107. The largest absolute Gasteiger partial charge is 0.490 e. The fourth-order valence-corrected chi connectivity index (χ4v) is 5.46. The molecule has 9 heteroatoms. The Bertz CT molecular complexity index is 1400. The van der Waals surface area contributed by atoms with Crippen LogP contribution in [0.3, 0.4) is 0 Å². The van der Waals surface area contributed by atoms with E-state index in [9.17, 15) is 22.4 Å². The average molecular weight is 605 g/mol. The van der Waals surface area contributed by atoms with Crippen LogP contribution in [0.25, 0.3) is 0 Å². The molecule has 0 radical (unpaired) electrons. The number of carbonyl (C=O) groups excluding carboxylic acids is 1. The number of ether oxygens (including phenoxy) is 3. The Morgan fingerprint density at radius 3 is 1.86 bits per heavy atom. The van der Waals surface area contributed by atoms with Gasteiger partial charge >= 0.3 is 5.97 Å². The Labute approximate surface area is 249 Å². The molecule has 0 unspecified atom stereocenters. The Hall–Kier alpha value is -3.62. The highest BCUT2D eigenvalue weighted by molar-refractivity contribution is 5.91. The number of carbonyl (C=O) groups is 1. The fourth-order valence-electron chi connectivity index (χ4n) is 5.46. The van der Waals surface area contributed by atoms with Crippen LogP contribution >= 0.6 is 0 Å². The number of rotatable bonds is 13. The van der Waals surface area contributed by atoms with Crippen LogP contribution < -0.4 is 14.2 Å². The molecule has 1 aliphatic rings. The van der Waals surface area contributed by atoms with Crippen molar-refractivity contribution in [2.75, 3.05) is 13.2 Å². The Morgan fingerprint density at radius 1 is 0.651 bits per heavy atom. The van der Waals surface area contributed by atoms with E-state index in [4.69, 9.17) is 14.2 Å². The maximum atomic E-state index is 15.1. The van der Waals surface area contributed by atoms with Crippen molar-refractivity contribution in [3.05, 3.63) is 88.2 Å². The summed E-state index contributed by atoms with van der Waals surface area (Å²) in [6.07, 6.45) is 6.49. The predicted octanol–water partition coefficient (Wildman–Crippen LogP) is 9.79. The van der Waals surface area contributed by atoms with Crippen LogP contribution in [-0.4, -0.2) is 19.2 Å². The molecule has 0 spiro atoms. The summed E-state index contributed by atoms with van der Waals surface area (Å²) in [4.78, 5) is 12.6. The maximum absolute atomic E-state index is 15.1. The summed E-state index contributed by atoms with van der Waals surface area (Å²) in [6, 6.07) is 9.15. The molecule has 0 saturated heterocycles. The smallest absolute Gasteiger partial charge is 0.343 e. The van der Waals surface area contributed by atoms with Gasteiger partial charge in [0.25, 0.3) is 0 Å². The lowest BCUT2D eigenvalue weighted by molar-refractivity contribution is 0.0725. The lowest BCUT2D eigenvalue weighted by Crippen LogP contribution is -2.16. The first-order valence-electron chi connectivity index (χ1n) is 15.0. The highest BCUT2D eigenvalue weighted by Crippen LogP contribution is 2.43. The third-order valence-electron chi connectivity index (χ3n) is 7.85. The number of hydrogen-bond acceptors (Lipinski definition) is 4. The maximum Gasteiger partial charge on any atom is 0.343 e. The van der Waals surface area contributed by atoms with Crippen molar-refractivity contribution in [1.29, 1.82) is 0 Å². The molecule has 0 aromatic heterocycles. The normalized spacial score (nSPS) is 16.6. The summed E-state index contributed by atoms with van der Waals surface area (Å²) in [5.74, 6) is -7.60. The Kier molecular flexibility index (Phi) is 11.4. The van der Waals surface area contributed by atoms with Gasteiger partial charge in [-0.3, -0.25) is 0 Å². The molecule has 0 amide bonds. The molecule has 1 aliphatic carbocycles. The predicted molar refractivity (Wildman–Crippen MR) is 153 cm³/mol. The molecule has 4 rings (SSSR count). The summed E-state index contributed by atoms with van der Waals surface area (Å²) in [7, 11) is 0. The molecule has 0 bridgehead atoms. The standard InChI is InChI=1S/C34H37F5O4/c1-3-5-6-7-19-42-28-16-17-29(33(39)32(28)38)43-34(40)23-12-13-24(26(35)20-23)21-8-10-22(11-9-21)25-14-15-27(41-18-4-2)31(37)30(25)36/h12-17,20-22H,3-11,18-19H2,1-2H3. The zero-order chi connectivity index (χ0) is 30.9. The highest BCUT2D eigenvalue weighted by Gasteiger charge is 2.29. The quantitative estimate of drug-likeness (QED) is 0.0843. The van der Waals surface area contributed by atoms with Crippen molar-refractivity contribution in [3.63, 3.8) is 0 Å². The molecule has 0 aliphatic heterocycles. The SMILES string of the molecule is CCCCCCOc1ccc(OC(=O)c2ccc(C3CCC(c4ccc(OCCC)c(F)c4F)CC3)c(F)c2)c(F)c1F. The van der Waals surface area contributed by atoms with E-state index in [0.717, 1.165) is 31.4 Å². The van der Waals surface area contributed by atoms with E-state index in [1.807, 2.05) is 6.92 Å². The summed E-state index contributed by atoms with van der Waals surface area (Å²) in [5.41, 5.74) is 0.519. The van der Waals surface area contributed by atoms with Gasteiger partial charge in [-0.15, -0.1) is 0 Å². The van der Waals surface area contributed by atoms with E-state index in [1.165, 1.54) is 24.3 Å². The number of benzene rings is 3. The van der Waals surface area contributed by atoms with Gasteiger partial charge in [0.2, 0.25) is 17.5 Å². The number of halogens is 5. The van der Waals surface area contributed by atoms with E-state index < -0.39 is 40.8 Å². The van der Waals surface area contributed by atoms with Crippen molar-refractivity contribution >= 4 is 5.97 Å². The fraction of sp³-hybridized carbons (Fsp3) is 0.441. The van der Waals surface area contributed by atoms with Gasteiger partial charge in [0.05, 0.1) is 18.8 Å². The van der Waals surface area contributed by atoms with E-state index in [1.54, 1.807) is 6.07 Å². The minimum atomic E-state index is -1.37. The van der Waals surface area contributed by atoms with Crippen molar-refractivity contribution in [2.45, 2.75) is 83.5 Å². The molecular formula is C34H37F5O4. The number of esters is 1. The molecule has 0 N–H and O–H groups in total. The molecular weight excluding hydrogens is 567 g/mol. The molecule has 3 aromatic rings. The monoisotopic (exact) mass is 604 g/mol. The molecule has 1 fully saturated rings. The average Bonchev–Trinajstić information content (AvgIpc) is 3.01. The van der Waals surface area contributed by atoms with Gasteiger partial charge in [-0.1, -0.05) is 45.2 Å². The van der Waals surface area contributed by atoms with Crippen LogP contribution in [0, 0.1) is 29.1 Å². The number of unbranched alkanes of at least 4 members (excludes halogenated alkanes) is 3. The van der Waals surface area contributed by atoms with Gasteiger partial charge in [0, 0.05) is 0 Å². The lowest BCUT2D eigenvalue weighted by Gasteiger charge is -2.29. The summed E-state index contributed by atoms with van der Waals surface area (Å²) < 4.78 is 89.0. The molecule has 0 heterocycles. The van der Waals surface area contributed by atoms with Crippen LogP contribution in [0.15, 0.2) is 42.5 Å². The summed E-state index contributed by atoms with van der Waals surface area (Å²) in [6.45, 7) is 4.46. The van der Waals surface area contributed by atoms with Crippen LogP contribution in [0.5, 0.6) is 17.2 Å². The molecule has 43 heavy (non-hydrogen) atoms. The minimum Gasteiger partial charge on any atom is -0.490 e. The number of hydrogen-bond donors (Lipinski definition) is 0. The van der Waals surface area contributed by atoms with Crippen LogP contribution in [0.1, 0.15) is 105 Å². The second-order valence-corrected chi connectivity index (χ2v) is 10.9. The van der Waals surface area contributed by atoms with Crippen molar-refractivity contribution in [3.8, 4) is 17.2 Å². The first-order valence-corrected chi connectivity index (χ1v) is 15.0. The molecule has 3 aromatic carbocycles. The van der Waals surface area contributed by atoms with Crippen LogP contribution in [0.2, 0.25) is 0 Å². The van der Waals surface area contributed by atoms with Crippen molar-refractivity contribution < 1.29 is 41.0 Å². The molecule has 0 atom stereocenters. The zero-order valence-electron chi connectivity index (χ0n) is 24.5. The molecule has 4 nitrogen and oxygen atoms in total. The van der Waals surface area contributed by atoms with E-state index in [-0.39, 0.29) is 41.1 Å². The topological polar surface area (TPSA) is 44.8 Å². The van der Waals surface area contributed by atoms with Crippen molar-refractivity contribution in [2.24, 2.45) is 0 Å². The zero-order valence-corrected chi connectivity index (χ0v) is 24.5.